The Hall–Kier alpha value is -1.62. The first-order valence-corrected chi connectivity index (χ1v) is 12.3. The normalized spacial score (nSPS) is 11.2. The van der Waals surface area contributed by atoms with Crippen LogP contribution in [0.15, 0.2) is 24.3 Å². The smallest absolute Gasteiger partial charge is 0.292 e. The van der Waals surface area contributed by atoms with Crippen molar-refractivity contribution in [2.75, 3.05) is 6.54 Å². The summed E-state index contributed by atoms with van der Waals surface area (Å²) in [5.41, 5.74) is 1.75. The first-order valence-electron chi connectivity index (χ1n) is 8.85. The van der Waals surface area contributed by atoms with E-state index in [-0.39, 0.29) is 11.9 Å². The van der Waals surface area contributed by atoms with Gasteiger partial charge in [-0.3, -0.25) is 9.59 Å². The minimum absolute atomic E-state index is 0.00203. The Morgan fingerprint density at radius 2 is 1.62 bits per heavy atom. The molecule has 0 fully saturated rings. The molecule has 24 heavy (non-hydrogen) atoms. The summed E-state index contributed by atoms with van der Waals surface area (Å²) in [7, 11) is -1.74. The van der Waals surface area contributed by atoms with Gasteiger partial charge in [0, 0.05) is 18.5 Å². The molecule has 134 valence electrons. The lowest BCUT2D eigenvalue weighted by atomic mass is 10.1. The van der Waals surface area contributed by atoms with Crippen LogP contribution >= 0.6 is 0 Å². The second kappa shape index (κ2) is 10.3. The number of unbranched alkanes of at least 4 members (excludes halogenated alkanes) is 4. The summed E-state index contributed by atoms with van der Waals surface area (Å²) in [4.78, 5) is 23.6. The second-order valence-electron chi connectivity index (χ2n) is 7.18. The van der Waals surface area contributed by atoms with Gasteiger partial charge in [0.25, 0.3) is 11.9 Å². The summed E-state index contributed by atoms with van der Waals surface area (Å²) in [5.74, 6) is -0.0538. The van der Waals surface area contributed by atoms with Crippen LogP contribution in [0.1, 0.15) is 54.4 Å². The lowest BCUT2D eigenvalue weighted by Crippen LogP contribution is -2.28. The third-order valence-electron chi connectivity index (χ3n) is 3.65. The molecular weight excluding hydrogens is 318 g/mol. The zero-order chi connectivity index (χ0) is 18.0. The van der Waals surface area contributed by atoms with Crippen molar-refractivity contribution in [3.63, 3.8) is 0 Å². The Morgan fingerprint density at radius 1 is 1.00 bits per heavy atom. The van der Waals surface area contributed by atoms with Crippen LogP contribution in [0.4, 0.5) is 0 Å². The van der Waals surface area contributed by atoms with Gasteiger partial charge in [0.15, 0.2) is 0 Å². The largest absolute Gasteiger partial charge is 0.520 e. The fourth-order valence-electron chi connectivity index (χ4n) is 2.44. The van der Waals surface area contributed by atoms with E-state index in [1.807, 2.05) is 50.8 Å². The zero-order valence-electron chi connectivity index (χ0n) is 15.5. The second-order valence-corrected chi connectivity index (χ2v) is 11.6. The zero-order valence-corrected chi connectivity index (χ0v) is 16.5. The molecule has 4 nitrogen and oxygen atoms in total. The summed E-state index contributed by atoms with van der Waals surface area (Å²) in [6, 6.07) is 7.62. The molecule has 1 aromatic carbocycles. The van der Waals surface area contributed by atoms with E-state index >= 15 is 0 Å². The van der Waals surface area contributed by atoms with E-state index in [9.17, 15) is 9.59 Å². The van der Waals surface area contributed by atoms with Crippen LogP contribution < -0.4 is 5.32 Å². The molecule has 0 aliphatic rings. The highest BCUT2D eigenvalue weighted by atomic mass is 28.4. The fraction of sp³-hybridized carbons (Fsp3) is 0.579. The predicted molar refractivity (Wildman–Crippen MR) is 101 cm³/mol. The van der Waals surface area contributed by atoms with Gasteiger partial charge < -0.3 is 9.74 Å². The molecular formula is C19H31NO3Si. The summed E-state index contributed by atoms with van der Waals surface area (Å²) < 4.78 is 5.41. The Labute approximate surface area is 147 Å². The number of benzene rings is 1. The summed E-state index contributed by atoms with van der Waals surface area (Å²) in [6.07, 6.45) is 5.56. The maximum absolute atomic E-state index is 12.0. The molecule has 0 aliphatic carbocycles. The van der Waals surface area contributed by atoms with Crippen molar-refractivity contribution in [3.8, 4) is 0 Å². The molecule has 0 saturated heterocycles. The van der Waals surface area contributed by atoms with Gasteiger partial charge in [0.2, 0.25) is 8.32 Å². The van der Waals surface area contributed by atoms with Gasteiger partial charge in [-0.1, -0.05) is 37.5 Å². The monoisotopic (exact) mass is 349 g/mol. The van der Waals surface area contributed by atoms with E-state index < -0.39 is 8.32 Å². The number of rotatable bonds is 10. The molecule has 0 saturated carbocycles. The number of carbonyl (C=O) groups excluding carboxylic acids is 2. The topological polar surface area (TPSA) is 55.4 Å². The number of amides is 1. The summed E-state index contributed by atoms with van der Waals surface area (Å²) >= 11 is 0. The highest BCUT2D eigenvalue weighted by Gasteiger charge is 2.19. The van der Waals surface area contributed by atoms with Crippen LogP contribution in [0, 0.1) is 6.92 Å². The average Bonchev–Trinajstić information content (AvgIpc) is 2.48. The molecule has 1 N–H and O–H groups in total. The standard InChI is InChI=1S/C19H31NO3Si/c1-16-12-9-10-13-17(16)19(22)20-15-11-7-5-6-8-14-18(21)23-24(2,3)4/h9-10,12-13H,5-8,11,14-15H2,1-4H3,(H,20,22). The lowest BCUT2D eigenvalue weighted by Gasteiger charge is -2.17. The van der Waals surface area contributed by atoms with Crippen LogP contribution in [-0.2, 0) is 9.22 Å². The molecule has 0 heterocycles. The van der Waals surface area contributed by atoms with Gasteiger partial charge in [0.1, 0.15) is 0 Å². The first kappa shape index (κ1) is 20.4. The van der Waals surface area contributed by atoms with Crippen LogP contribution in [0.25, 0.3) is 0 Å². The number of carbonyl (C=O) groups is 2. The van der Waals surface area contributed by atoms with E-state index in [1.54, 1.807) is 0 Å². The Morgan fingerprint density at radius 3 is 2.29 bits per heavy atom. The van der Waals surface area contributed by atoms with Crippen LogP contribution in [0.5, 0.6) is 0 Å². The predicted octanol–water partition coefficient (Wildman–Crippen LogP) is 4.44. The van der Waals surface area contributed by atoms with Crippen molar-refractivity contribution >= 4 is 20.2 Å². The van der Waals surface area contributed by atoms with E-state index in [4.69, 9.17) is 4.43 Å². The van der Waals surface area contributed by atoms with Crippen LogP contribution in [-0.4, -0.2) is 26.7 Å². The first-order chi connectivity index (χ1) is 11.3. The van der Waals surface area contributed by atoms with Gasteiger partial charge >= 0.3 is 0 Å². The third-order valence-corrected chi connectivity index (χ3v) is 4.49. The van der Waals surface area contributed by atoms with E-state index in [2.05, 4.69) is 5.32 Å². The van der Waals surface area contributed by atoms with Gasteiger partial charge in [-0.2, -0.15) is 0 Å². The molecule has 0 atom stereocenters. The third kappa shape index (κ3) is 8.87. The number of hydrogen-bond donors (Lipinski definition) is 1. The Bertz CT molecular complexity index is 538. The molecule has 1 rings (SSSR count). The van der Waals surface area contributed by atoms with Crippen molar-refractivity contribution in [2.45, 2.75) is 65.1 Å². The molecule has 0 unspecified atom stereocenters. The van der Waals surface area contributed by atoms with E-state index in [1.165, 1.54) is 0 Å². The van der Waals surface area contributed by atoms with Gasteiger partial charge in [-0.15, -0.1) is 0 Å². The highest BCUT2D eigenvalue weighted by Crippen LogP contribution is 2.10. The minimum atomic E-state index is -1.74. The van der Waals surface area contributed by atoms with Crippen molar-refractivity contribution in [1.82, 2.24) is 5.32 Å². The molecule has 0 radical (unpaired) electrons. The Balaban J connectivity index is 2.04. The van der Waals surface area contributed by atoms with Gasteiger partial charge in [-0.25, -0.2) is 0 Å². The lowest BCUT2D eigenvalue weighted by molar-refractivity contribution is -0.135. The molecule has 1 aromatic rings. The molecule has 0 bridgehead atoms. The van der Waals surface area contributed by atoms with Gasteiger partial charge in [0.05, 0.1) is 0 Å². The molecule has 1 amide bonds. The van der Waals surface area contributed by atoms with Crippen molar-refractivity contribution in [1.29, 1.82) is 0 Å². The van der Waals surface area contributed by atoms with Crippen LogP contribution in [0.3, 0.4) is 0 Å². The molecule has 0 aromatic heterocycles. The number of aryl methyl sites for hydroxylation is 1. The summed E-state index contributed by atoms with van der Waals surface area (Å²) in [6.45, 7) is 8.72. The minimum Gasteiger partial charge on any atom is -0.520 e. The van der Waals surface area contributed by atoms with Crippen molar-refractivity contribution in [2.24, 2.45) is 0 Å². The maximum Gasteiger partial charge on any atom is 0.292 e. The van der Waals surface area contributed by atoms with Crippen LogP contribution in [0.2, 0.25) is 19.6 Å². The quantitative estimate of drug-likeness (QED) is 0.502. The van der Waals surface area contributed by atoms with E-state index in [0.717, 1.165) is 43.2 Å². The fourth-order valence-corrected chi connectivity index (χ4v) is 3.23. The average molecular weight is 350 g/mol. The summed E-state index contributed by atoms with van der Waals surface area (Å²) in [5, 5.41) is 2.97. The molecule has 5 heteroatoms. The van der Waals surface area contributed by atoms with Crippen molar-refractivity contribution < 1.29 is 14.0 Å². The number of nitrogens with one attached hydrogen (secondary N) is 1. The van der Waals surface area contributed by atoms with Crippen molar-refractivity contribution in [3.05, 3.63) is 35.4 Å². The SMILES string of the molecule is Cc1ccccc1C(=O)NCCCCCCCC(=O)O[Si](C)(C)C. The Kier molecular flexibility index (Phi) is 8.75. The highest BCUT2D eigenvalue weighted by molar-refractivity contribution is 6.71. The van der Waals surface area contributed by atoms with Gasteiger partial charge in [-0.05, 0) is 51.0 Å². The maximum atomic E-state index is 12.0. The molecule has 0 aliphatic heterocycles. The number of hydrogen-bond acceptors (Lipinski definition) is 3. The molecule has 0 spiro atoms. The van der Waals surface area contributed by atoms with E-state index in [0.29, 0.717) is 13.0 Å².